The van der Waals surface area contributed by atoms with Crippen LogP contribution < -0.4 is 0 Å². The molecule has 1 N–H and O–H groups in total. The van der Waals surface area contributed by atoms with Gasteiger partial charge in [0.2, 0.25) is 0 Å². The maximum absolute atomic E-state index is 9.62. The molecule has 3 nitrogen and oxygen atoms in total. The Bertz CT molecular complexity index is 129. The molecule has 0 radical (unpaired) electrons. The first kappa shape index (κ1) is 13.9. The number of hydrogen-bond acceptors (Lipinski definition) is 3. The molecule has 0 aliphatic rings. The molecule has 0 spiro atoms. The lowest BCUT2D eigenvalue weighted by atomic mass is 9.90. The van der Waals surface area contributed by atoms with E-state index in [9.17, 15) is 5.11 Å². The molecule has 0 bridgehead atoms. The zero-order valence-corrected chi connectivity index (χ0v) is 9.88. The summed E-state index contributed by atoms with van der Waals surface area (Å²) in [5.41, 5.74) is -0.107. The van der Waals surface area contributed by atoms with Crippen LogP contribution >= 0.6 is 0 Å². The van der Waals surface area contributed by atoms with Crippen LogP contribution in [0.15, 0.2) is 0 Å². The van der Waals surface area contributed by atoms with Gasteiger partial charge < -0.3 is 14.6 Å². The zero-order valence-electron chi connectivity index (χ0n) is 9.88. The summed E-state index contributed by atoms with van der Waals surface area (Å²) in [6.45, 7) is 10.4. The number of ether oxygens (including phenoxy) is 2. The Morgan fingerprint density at radius 2 is 1.64 bits per heavy atom. The SMILES string of the molecule is CCCOCCOCC(O)C(C)(C)C. The molecular formula is C11H24O3. The summed E-state index contributed by atoms with van der Waals surface area (Å²) in [7, 11) is 0. The van der Waals surface area contributed by atoms with E-state index < -0.39 is 6.10 Å². The average molecular weight is 204 g/mol. The molecule has 1 atom stereocenters. The smallest absolute Gasteiger partial charge is 0.0821 e. The average Bonchev–Trinajstić information content (AvgIpc) is 2.09. The first-order valence-electron chi connectivity index (χ1n) is 5.32. The Morgan fingerprint density at radius 3 is 2.14 bits per heavy atom. The molecule has 1 unspecified atom stereocenters. The largest absolute Gasteiger partial charge is 0.390 e. The number of aliphatic hydroxyl groups is 1. The maximum atomic E-state index is 9.62. The van der Waals surface area contributed by atoms with Crippen LogP contribution in [0.4, 0.5) is 0 Å². The molecule has 0 aromatic heterocycles. The van der Waals surface area contributed by atoms with Crippen molar-refractivity contribution in [3.8, 4) is 0 Å². The molecule has 3 heteroatoms. The summed E-state index contributed by atoms with van der Waals surface area (Å²) >= 11 is 0. The summed E-state index contributed by atoms with van der Waals surface area (Å²) in [4.78, 5) is 0. The van der Waals surface area contributed by atoms with E-state index in [-0.39, 0.29) is 5.41 Å². The molecule has 0 rings (SSSR count). The van der Waals surface area contributed by atoms with E-state index in [1.54, 1.807) is 0 Å². The molecule has 0 aliphatic heterocycles. The topological polar surface area (TPSA) is 38.7 Å². The highest BCUT2D eigenvalue weighted by Crippen LogP contribution is 2.18. The maximum Gasteiger partial charge on any atom is 0.0821 e. The van der Waals surface area contributed by atoms with E-state index in [0.717, 1.165) is 13.0 Å². The van der Waals surface area contributed by atoms with Gasteiger partial charge >= 0.3 is 0 Å². The molecule has 14 heavy (non-hydrogen) atoms. The predicted octanol–water partition coefficient (Wildman–Crippen LogP) is 1.84. The minimum Gasteiger partial charge on any atom is -0.390 e. The van der Waals surface area contributed by atoms with E-state index in [1.165, 1.54) is 0 Å². The van der Waals surface area contributed by atoms with Gasteiger partial charge in [-0.25, -0.2) is 0 Å². The van der Waals surface area contributed by atoms with Crippen molar-refractivity contribution in [2.75, 3.05) is 26.4 Å². The van der Waals surface area contributed by atoms with Crippen molar-refractivity contribution in [2.45, 2.75) is 40.2 Å². The van der Waals surface area contributed by atoms with Crippen molar-refractivity contribution in [1.29, 1.82) is 0 Å². The van der Waals surface area contributed by atoms with E-state index >= 15 is 0 Å². The van der Waals surface area contributed by atoms with E-state index in [4.69, 9.17) is 9.47 Å². The standard InChI is InChI=1S/C11H24O3/c1-5-6-13-7-8-14-9-10(12)11(2,3)4/h10,12H,5-9H2,1-4H3. The van der Waals surface area contributed by atoms with E-state index in [2.05, 4.69) is 6.92 Å². The molecule has 0 heterocycles. The van der Waals surface area contributed by atoms with Gasteiger partial charge in [-0.05, 0) is 11.8 Å². The Labute approximate surface area is 87.4 Å². The monoisotopic (exact) mass is 204 g/mol. The van der Waals surface area contributed by atoms with Crippen LogP contribution in [-0.4, -0.2) is 37.6 Å². The summed E-state index contributed by atoms with van der Waals surface area (Å²) in [6.07, 6.45) is 0.624. The first-order valence-corrected chi connectivity index (χ1v) is 5.32. The van der Waals surface area contributed by atoms with Crippen molar-refractivity contribution in [2.24, 2.45) is 5.41 Å². The summed E-state index contributed by atoms with van der Waals surface area (Å²) in [5.74, 6) is 0. The van der Waals surface area contributed by atoms with Gasteiger partial charge in [0.25, 0.3) is 0 Å². The Morgan fingerprint density at radius 1 is 1.07 bits per heavy atom. The first-order chi connectivity index (χ1) is 6.48. The van der Waals surface area contributed by atoms with Gasteiger partial charge in [-0.2, -0.15) is 0 Å². The van der Waals surface area contributed by atoms with E-state index in [0.29, 0.717) is 19.8 Å². The fraction of sp³-hybridized carbons (Fsp3) is 1.00. The molecule has 0 aromatic carbocycles. The van der Waals surface area contributed by atoms with Crippen LogP contribution in [0.2, 0.25) is 0 Å². The second-order valence-electron chi connectivity index (χ2n) is 4.57. The van der Waals surface area contributed by atoms with Crippen LogP contribution in [0.1, 0.15) is 34.1 Å². The predicted molar refractivity (Wildman–Crippen MR) is 57.4 cm³/mol. The molecule has 0 aromatic rings. The van der Waals surface area contributed by atoms with Gasteiger partial charge in [-0.1, -0.05) is 27.7 Å². The number of aliphatic hydroxyl groups excluding tert-OH is 1. The third-order valence-corrected chi connectivity index (χ3v) is 2.00. The molecular weight excluding hydrogens is 180 g/mol. The second-order valence-corrected chi connectivity index (χ2v) is 4.57. The quantitative estimate of drug-likeness (QED) is 0.643. The Kier molecular flexibility index (Phi) is 7.15. The van der Waals surface area contributed by atoms with Crippen molar-refractivity contribution >= 4 is 0 Å². The van der Waals surface area contributed by atoms with Crippen LogP contribution in [0, 0.1) is 5.41 Å². The lowest BCUT2D eigenvalue weighted by Crippen LogP contribution is -2.31. The third kappa shape index (κ3) is 7.30. The second kappa shape index (κ2) is 7.21. The highest BCUT2D eigenvalue weighted by atomic mass is 16.5. The lowest BCUT2D eigenvalue weighted by molar-refractivity contribution is -0.0355. The highest BCUT2D eigenvalue weighted by molar-refractivity contribution is 4.71. The summed E-state index contributed by atoms with van der Waals surface area (Å²) < 4.78 is 10.5. The number of hydrogen-bond donors (Lipinski definition) is 1. The molecule has 0 saturated heterocycles. The fourth-order valence-corrected chi connectivity index (χ4v) is 0.809. The minimum atomic E-state index is -0.409. The van der Waals surface area contributed by atoms with Crippen LogP contribution in [0.25, 0.3) is 0 Å². The van der Waals surface area contributed by atoms with Crippen LogP contribution in [0.5, 0.6) is 0 Å². The lowest BCUT2D eigenvalue weighted by Gasteiger charge is -2.25. The van der Waals surface area contributed by atoms with Gasteiger partial charge in [0.05, 0.1) is 25.9 Å². The van der Waals surface area contributed by atoms with Crippen LogP contribution in [0.3, 0.4) is 0 Å². The van der Waals surface area contributed by atoms with Gasteiger partial charge in [-0.15, -0.1) is 0 Å². The van der Waals surface area contributed by atoms with Gasteiger partial charge in [-0.3, -0.25) is 0 Å². The molecule has 0 amide bonds. The Balaban J connectivity index is 3.28. The molecule has 86 valence electrons. The number of rotatable bonds is 7. The van der Waals surface area contributed by atoms with Crippen molar-refractivity contribution < 1.29 is 14.6 Å². The van der Waals surface area contributed by atoms with Gasteiger partial charge in [0, 0.05) is 6.61 Å². The van der Waals surface area contributed by atoms with Crippen LogP contribution in [-0.2, 0) is 9.47 Å². The normalized spacial score (nSPS) is 14.4. The van der Waals surface area contributed by atoms with Crippen molar-refractivity contribution in [3.63, 3.8) is 0 Å². The summed E-state index contributed by atoms with van der Waals surface area (Å²) in [6, 6.07) is 0. The Hall–Kier alpha value is -0.120. The highest BCUT2D eigenvalue weighted by Gasteiger charge is 2.21. The molecule has 0 aliphatic carbocycles. The third-order valence-electron chi connectivity index (χ3n) is 2.00. The van der Waals surface area contributed by atoms with Crippen molar-refractivity contribution in [3.05, 3.63) is 0 Å². The molecule has 0 saturated carbocycles. The summed E-state index contributed by atoms with van der Waals surface area (Å²) in [5, 5.41) is 9.62. The minimum absolute atomic E-state index is 0.107. The van der Waals surface area contributed by atoms with Crippen molar-refractivity contribution in [1.82, 2.24) is 0 Å². The van der Waals surface area contributed by atoms with Gasteiger partial charge in [0.15, 0.2) is 0 Å². The van der Waals surface area contributed by atoms with E-state index in [1.807, 2.05) is 20.8 Å². The van der Waals surface area contributed by atoms with Gasteiger partial charge in [0.1, 0.15) is 0 Å². The fourth-order valence-electron chi connectivity index (χ4n) is 0.809. The zero-order chi connectivity index (χ0) is 11.0. The molecule has 0 fully saturated rings.